The van der Waals surface area contributed by atoms with Crippen molar-refractivity contribution in [3.63, 3.8) is 0 Å². The van der Waals surface area contributed by atoms with Gasteiger partial charge in [0.15, 0.2) is 0 Å². The van der Waals surface area contributed by atoms with E-state index in [1.807, 2.05) is 0 Å². The monoisotopic (exact) mass is 402 g/mol. The topological polar surface area (TPSA) is 0 Å². The van der Waals surface area contributed by atoms with Crippen molar-refractivity contribution >= 4 is 31.9 Å². The van der Waals surface area contributed by atoms with Crippen molar-refractivity contribution in [1.82, 2.24) is 0 Å². The lowest BCUT2D eigenvalue weighted by Gasteiger charge is -2.10. The van der Waals surface area contributed by atoms with Crippen LogP contribution in [0.1, 0.15) is 81.5 Å². The number of hydrogen-bond donors (Lipinski definition) is 0. The van der Waals surface area contributed by atoms with Gasteiger partial charge in [0.05, 0.1) is 0 Å². The molecule has 0 N–H and O–H groups in total. The molecule has 1 rings (SSSR count). The third-order valence-corrected chi connectivity index (χ3v) is 5.31. The lowest BCUT2D eigenvalue weighted by atomic mass is 10.0. The van der Waals surface area contributed by atoms with Crippen molar-refractivity contribution in [2.24, 2.45) is 0 Å². The van der Waals surface area contributed by atoms with E-state index < -0.39 is 0 Å². The van der Waals surface area contributed by atoms with E-state index in [-0.39, 0.29) is 0 Å². The fourth-order valence-electron chi connectivity index (χ4n) is 2.47. The van der Waals surface area contributed by atoms with Crippen LogP contribution >= 0.6 is 31.9 Å². The van der Waals surface area contributed by atoms with E-state index in [9.17, 15) is 0 Å². The molecule has 20 heavy (non-hydrogen) atoms. The second-order valence-corrected chi connectivity index (χ2v) is 7.66. The number of benzene rings is 1. The first-order valence-electron chi connectivity index (χ1n) is 8.13. The Hall–Kier alpha value is 0.180. The molecular formula is C18H28Br2. The molecule has 0 aromatic heterocycles. The smallest absolute Gasteiger partial charge is 0.0395 e. The number of rotatable bonds is 11. The Balaban J connectivity index is 1.99. The van der Waals surface area contributed by atoms with Crippen LogP contribution in [0.25, 0.3) is 0 Å². The van der Waals surface area contributed by atoms with Crippen LogP contribution in [-0.4, -0.2) is 0 Å². The van der Waals surface area contributed by atoms with Gasteiger partial charge in [0.25, 0.3) is 0 Å². The average Bonchev–Trinajstić information content (AvgIpc) is 2.46. The summed E-state index contributed by atoms with van der Waals surface area (Å²) in [7, 11) is 0. The Kier molecular flexibility index (Phi) is 10.8. The summed E-state index contributed by atoms with van der Waals surface area (Å²) in [6, 6.07) is 8.66. The Bertz CT molecular complexity index is 332. The minimum Gasteiger partial charge on any atom is -0.0839 e. The van der Waals surface area contributed by atoms with Crippen LogP contribution in [0.15, 0.2) is 28.7 Å². The second-order valence-electron chi connectivity index (χ2n) is 5.64. The van der Waals surface area contributed by atoms with Crippen LogP contribution in [0.2, 0.25) is 0 Å². The number of hydrogen-bond acceptors (Lipinski definition) is 0. The van der Waals surface area contributed by atoms with Gasteiger partial charge in [0.2, 0.25) is 0 Å². The predicted octanol–water partition coefficient (Wildman–Crippen LogP) is 7.81. The van der Waals surface area contributed by atoms with Crippen molar-refractivity contribution in [2.75, 3.05) is 0 Å². The van der Waals surface area contributed by atoms with Gasteiger partial charge in [-0.2, -0.15) is 0 Å². The molecule has 114 valence electrons. The molecule has 0 amide bonds. The number of alkyl halides is 1. The molecule has 1 aromatic rings. The summed E-state index contributed by atoms with van der Waals surface area (Å²) in [5.41, 5.74) is 1.40. The summed E-state index contributed by atoms with van der Waals surface area (Å²) in [4.78, 5) is 0.514. The van der Waals surface area contributed by atoms with Crippen molar-refractivity contribution in [1.29, 1.82) is 0 Å². The minimum atomic E-state index is 0.514. The van der Waals surface area contributed by atoms with E-state index in [1.165, 1.54) is 69.8 Å². The summed E-state index contributed by atoms with van der Waals surface area (Å²) in [5.74, 6) is 0. The van der Waals surface area contributed by atoms with E-state index in [1.54, 1.807) is 0 Å². The predicted molar refractivity (Wildman–Crippen MR) is 97.7 cm³/mol. The third kappa shape index (κ3) is 8.46. The molecule has 0 fully saturated rings. The molecule has 1 atom stereocenters. The third-order valence-electron chi connectivity index (χ3n) is 3.79. The maximum Gasteiger partial charge on any atom is 0.0395 e. The molecule has 1 aromatic carbocycles. The van der Waals surface area contributed by atoms with Crippen molar-refractivity contribution in [3.05, 3.63) is 34.3 Å². The summed E-state index contributed by atoms with van der Waals surface area (Å²) >= 11 is 7.29. The van der Waals surface area contributed by atoms with Crippen molar-refractivity contribution < 1.29 is 0 Å². The molecule has 0 saturated heterocycles. The minimum absolute atomic E-state index is 0.514. The summed E-state index contributed by atoms with van der Waals surface area (Å²) < 4.78 is 1.16. The zero-order chi connectivity index (χ0) is 14.6. The molecule has 1 unspecified atom stereocenters. The zero-order valence-electron chi connectivity index (χ0n) is 12.7. The molecule has 0 nitrogen and oxygen atoms in total. The largest absolute Gasteiger partial charge is 0.0839 e. The van der Waals surface area contributed by atoms with Gasteiger partial charge < -0.3 is 0 Å². The maximum absolute atomic E-state index is 3.81. The second kappa shape index (κ2) is 11.8. The van der Waals surface area contributed by atoms with Crippen molar-refractivity contribution in [3.8, 4) is 0 Å². The van der Waals surface area contributed by atoms with E-state index in [4.69, 9.17) is 0 Å². The van der Waals surface area contributed by atoms with E-state index in [2.05, 4.69) is 63.0 Å². The average molecular weight is 404 g/mol. The fraction of sp³-hybridized carbons (Fsp3) is 0.667. The highest BCUT2D eigenvalue weighted by molar-refractivity contribution is 9.10. The van der Waals surface area contributed by atoms with E-state index in [0.717, 1.165) is 4.47 Å². The van der Waals surface area contributed by atoms with Crippen LogP contribution in [0, 0.1) is 0 Å². The van der Waals surface area contributed by atoms with Gasteiger partial charge in [-0.05, 0) is 24.1 Å². The molecule has 0 aliphatic heterocycles. The van der Waals surface area contributed by atoms with Gasteiger partial charge in [-0.25, -0.2) is 0 Å². The lowest BCUT2D eigenvalue weighted by Crippen LogP contribution is -1.90. The zero-order valence-corrected chi connectivity index (χ0v) is 15.9. The molecule has 0 aliphatic carbocycles. The first kappa shape index (κ1) is 18.2. The first-order chi connectivity index (χ1) is 9.74. The Morgan fingerprint density at radius 2 is 1.30 bits per heavy atom. The first-order valence-corrected chi connectivity index (χ1v) is 9.84. The van der Waals surface area contributed by atoms with Gasteiger partial charge in [-0.15, -0.1) is 0 Å². The summed E-state index contributed by atoms with van der Waals surface area (Å²) in [5, 5.41) is 0. The van der Waals surface area contributed by atoms with Gasteiger partial charge in [-0.3, -0.25) is 0 Å². The molecule has 0 bridgehead atoms. The van der Waals surface area contributed by atoms with E-state index >= 15 is 0 Å². The Morgan fingerprint density at radius 3 is 1.85 bits per heavy atom. The van der Waals surface area contributed by atoms with Crippen LogP contribution in [0.5, 0.6) is 0 Å². The summed E-state index contributed by atoms with van der Waals surface area (Å²) in [6.45, 7) is 2.28. The molecule has 0 aliphatic rings. The van der Waals surface area contributed by atoms with E-state index in [0.29, 0.717) is 4.83 Å². The maximum atomic E-state index is 3.81. The van der Waals surface area contributed by atoms with Gasteiger partial charge in [-0.1, -0.05) is 109 Å². The van der Waals surface area contributed by atoms with Gasteiger partial charge in [0.1, 0.15) is 0 Å². The lowest BCUT2D eigenvalue weighted by molar-refractivity contribution is 0.556. The van der Waals surface area contributed by atoms with Crippen LogP contribution in [-0.2, 0) is 0 Å². The summed E-state index contributed by atoms with van der Waals surface area (Å²) in [6.07, 6.45) is 13.9. The highest BCUT2D eigenvalue weighted by Gasteiger charge is 2.06. The molecule has 2 heteroatoms. The Labute approximate surface area is 142 Å². The SMILES string of the molecule is CCCCCCCCCCCC(Br)c1ccc(Br)cc1. The van der Waals surface area contributed by atoms with Crippen molar-refractivity contribution in [2.45, 2.75) is 76.0 Å². The molecule has 0 heterocycles. The Morgan fingerprint density at radius 1 is 0.800 bits per heavy atom. The molecule has 0 spiro atoms. The fourth-order valence-corrected chi connectivity index (χ4v) is 3.37. The number of halogens is 2. The molecular weight excluding hydrogens is 376 g/mol. The highest BCUT2D eigenvalue weighted by atomic mass is 79.9. The normalized spacial score (nSPS) is 12.6. The van der Waals surface area contributed by atoms with Crippen LogP contribution < -0.4 is 0 Å². The highest BCUT2D eigenvalue weighted by Crippen LogP contribution is 2.29. The molecule has 0 saturated carbocycles. The van der Waals surface area contributed by atoms with Gasteiger partial charge in [0, 0.05) is 9.30 Å². The quantitative estimate of drug-likeness (QED) is 0.261. The van der Waals surface area contributed by atoms with Crippen LogP contribution in [0.3, 0.4) is 0 Å². The molecule has 0 radical (unpaired) electrons. The number of unbranched alkanes of at least 4 members (excludes halogenated alkanes) is 8. The van der Waals surface area contributed by atoms with Gasteiger partial charge >= 0.3 is 0 Å². The standard InChI is InChI=1S/C18H28Br2/c1-2-3-4-5-6-7-8-9-10-11-18(20)16-12-14-17(19)15-13-16/h12-15,18H,2-11H2,1H3. The van der Waals surface area contributed by atoms with Crippen LogP contribution in [0.4, 0.5) is 0 Å².